The number of nitrogens with zero attached hydrogens (tertiary/aromatic N) is 6. The van der Waals surface area contributed by atoms with Crippen molar-refractivity contribution in [3.63, 3.8) is 0 Å². The van der Waals surface area contributed by atoms with Crippen molar-refractivity contribution in [1.29, 1.82) is 0 Å². The molecule has 9 nitrogen and oxygen atoms in total. The van der Waals surface area contributed by atoms with E-state index in [9.17, 15) is 9.59 Å². The average molecular weight is 460 g/mol. The Labute approximate surface area is 198 Å². The number of benzene rings is 1. The summed E-state index contributed by atoms with van der Waals surface area (Å²) in [6.07, 6.45) is 3.69. The fourth-order valence-corrected chi connectivity index (χ4v) is 4.13. The fourth-order valence-electron chi connectivity index (χ4n) is 4.13. The van der Waals surface area contributed by atoms with E-state index >= 15 is 0 Å². The Hall–Kier alpha value is -3.75. The summed E-state index contributed by atoms with van der Waals surface area (Å²) in [6, 6.07) is 11.6. The van der Waals surface area contributed by atoms with Gasteiger partial charge >= 0.3 is 0 Å². The Kier molecular flexibility index (Phi) is 6.00. The third kappa shape index (κ3) is 5.08. The number of carbonyl (C=O) groups is 1. The molecule has 3 aromatic rings. The number of aryl methyl sites for hydroxylation is 2. The predicted octanol–water partition coefficient (Wildman–Crippen LogP) is 2.62. The molecule has 0 atom stereocenters. The van der Waals surface area contributed by atoms with E-state index in [0.29, 0.717) is 38.0 Å². The van der Waals surface area contributed by atoms with Crippen LogP contribution in [0.15, 0.2) is 47.5 Å². The number of hydrogen-bond donors (Lipinski definition) is 1. The summed E-state index contributed by atoms with van der Waals surface area (Å²) in [4.78, 5) is 42.7. The summed E-state index contributed by atoms with van der Waals surface area (Å²) >= 11 is 0. The molecule has 0 unspecified atom stereocenters. The minimum atomic E-state index is -0.158. The molecule has 0 radical (unpaired) electrons. The third-order valence-corrected chi connectivity index (χ3v) is 6.31. The van der Waals surface area contributed by atoms with E-state index in [2.05, 4.69) is 27.1 Å². The molecule has 1 aliphatic carbocycles. The lowest BCUT2D eigenvalue weighted by atomic mass is 10.2. The third-order valence-electron chi connectivity index (χ3n) is 6.31. The van der Waals surface area contributed by atoms with E-state index < -0.39 is 0 Å². The van der Waals surface area contributed by atoms with Crippen molar-refractivity contribution in [3.8, 4) is 0 Å². The quantitative estimate of drug-likeness (QED) is 0.605. The van der Waals surface area contributed by atoms with Gasteiger partial charge in [0.25, 0.3) is 5.56 Å². The molecular formula is C25H29N7O2. The number of aromatic nitrogens is 4. The van der Waals surface area contributed by atoms with Crippen LogP contribution in [0.2, 0.25) is 0 Å². The maximum atomic E-state index is 12.8. The SMILES string of the molecule is Cc1ccc(Nc2nc(C)cc(N3CCN(C(=O)Cn4cnc(C5CC5)cc4=O)CC3)n2)cc1. The molecule has 9 heteroatoms. The second-order valence-electron chi connectivity index (χ2n) is 9.10. The summed E-state index contributed by atoms with van der Waals surface area (Å²) in [5, 5.41) is 3.27. The highest BCUT2D eigenvalue weighted by atomic mass is 16.2. The number of anilines is 3. The zero-order chi connectivity index (χ0) is 23.7. The van der Waals surface area contributed by atoms with Gasteiger partial charge in [-0.2, -0.15) is 4.98 Å². The van der Waals surface area contributed by atoms with Crippen LogP contribution in [0.3, 0.4) is 0 Å². The van der Waals surface area contributed by atoms with Crippen LogP contribution < -0.4 is 15.8 Å². The summed E-state index contributed by atoms with van der Waals surface area (Å²) in [6.45, 7) is 6.50. The Morgan fingerprint density at radius 1 is 1.03 bits per heavy atom. The first-order chi connectivity index (χ1) is 16.4. The standard InChI is InChI=1S/C25H29N7O2/c1-17-3-7-20(8-4-17)28-25-27-18(2)13-22(29-25)30-9-11-31(12-10-30)24(34)15-32-16-26-21(14-23(32)33)19-5-6-19/h3-4,7-8,13-14,16,19H,5-6,9-12,15H2,1-2H3,(H,27,28,29). The Balaban J connectivity index is 1.20. The average Bonchev–Trinajstić information content (AvgIpc) is 3.67. The van der Waals surface area contributed by atoms with Gasteiger partial charge in [-0.15, -0.1) is 0 Å². The van der Waals surface area contributed by atoms with Crippen molar-refractivity contribution in [1.82, 2.24) is 24.4 Å². The Morgan fingerprint density at radius 3 is 2.44 bits per heavy atom. The number of amides is 1. The second-order valence-corrected chi connectivity index (χ2v) is 9.10. The van der Waals surface area contributed by atoms with Gasteiger partial charge in [-0.25, -0.2) is 9.97 Å². The minimum Gasteiger partial charge on any atom is -0.353 e. The van der Waals surface area contributed by atoms with E-state index in [1.165, 1.54) is 16.5 Å². The molecular weight excluding hydrogens is 430 g/mol. The van der Waals surface area contributed by atoms with Crippen LogP contribution in [0.5, 0.6) is 0 Å². The maximum Gasteiger partial charge on any atom is 0.254 e. The first kappa shape index (κ1) is 22.1. The van der Waals surface area contributed by atoms with Gasteiger partial charge in [0.05, 0.1) is 12.0 Å². The summed E-state index contributed by atoms with van der Waals surface area (Å²) in [7, 11) is 0. The number of nitrogens with one attached hydrogen (secondary N) is 1. The zero-order valence-electron chi connectivity index (χ0n) is 19.6. The van der Waals surface area contributed by atoms with Crippen molar-refractivity contribution in [3.05, 3.63) is 70.0 Å². The first-order valence-corrected chi connectivity index (χ1v) is 11.7. The van der Waals surface area contributed by atoms with E-state index in [-0.39, 0.29) is 18.0 Å². The van der Waals surface area contributed by atoms with Gasteiger partial charge < -0.3 is 15.1 Å². The van der Waals surface area contributed by atoms with Crippen LogP contribution >= 0.6 is 0 Å². The number of rotatable bonds is 6. The largest absolute Gasteiger partial charge is 0.353 e. The molecule has 1 N–H and O–H groups in total. The molecule has 34 heavy (non-hydrogen) atoms. The smallest absolute Gasteiger partial charge is 0.254 e. The lowest BCUT2D eigenvalue weighted by Crippen LogP contribution is -2.50. The summed E-state index contributed by atoms with van der Waals surface area (Å²) < 4.78 is 1.40. The molecule has 1 saturated carbocycles. The Bertz CT molecular complexity index is 1240. The normalized spacial score (nSPS) is 15.9. The van der Waals surface area contributed by atoms with Crippen LogP contribution in [0.1, 0.15) is 35.7 Å². The molecule has 0 bridgehead atoms. The van der Waals surface area contributed by atoms with Crippen LogP contribution in [0, 0.1) is 13.8 Å². The van der Waals surface area contributed by atoms with Gasteiger partial charge in [0.1, 0.15) is 12.4 Å². The van der Waals surface area contributed by atoms with Crippen molar-refractivity contribution in [2.45, 2.75) is 39.2 Å². The van der Waals surface area contributed by atoms with E-state index in [1.54, 1.807) is 11.0 Å². The van der Waals surface area contributed by atoms with E-state index in [0.717, 1.165) is 35.7 Å². The molecule has 176 valence electrons. The summed E-state index contributed by atoms with van der Waals surface area (Å²) in [5.74, 6) is 1.75. The first-order valence-electron chi connectivity index (χ1n) is 11.7. The minimum absolute atomic E-state index is 0.0218. The lowest BCUT2D eigenvalue weighted by Gasteiger charge is -2.35. The van der Waals surface area contributed by atoms with Crippen LogP contribution in [-0.4, -0.2) is 56.5 Å². The Morgan fingerprint density at radius 2 is 1.76 bits per heavy atom. The molecule has 2 aliphatic rings. The molecule has 0 spiro atoms. The monoisotopic (exact) mass is 459 g/mol. The fraction of sp³-hybridized carbons (Fsp3) is 0.400. The van der Waals surface area contributed by atoms with Crippen molar-refractivity contribution in [2.75, 3.05) is 36.4 Å². The second kappa shape index (κ2) is 9.24. The molecule has 5 rings (SSSR count). The molecule has 3 heterocycles. The zero-order valence-corrected chi connectivity index (χ0v) is 19.6. The van der Waals surface area contributed by atoms with Crippen molar-refractivity contribution < 1.29 is 4.79 Å². The van der Waals surface area contributed by atoms with Gasteiger partial charge in [-0.1, -0.05) is 17.7 Å². The molecule has 1 amide bonds. The number of hydrogen-bond acceptors (Lipinski definition) is 7. The molecule has 2 fully saturated rings. The molecule has 1 aromatic carbocycles. The van der Waals surface area contributed by atoms with E-state index in [4.69, 9.17) is 4.98 Å². The van der Waals surface area contributed by atoms with E-state index in [1.807, 2.05) is 37.3 Å². The number of piperazine rings is 1. The molecule has 1 aliphatic heterocycles. The predicted molar refractivity (Wildman–Crippen MR) is 130 cm³/mol. The highest BCUT2D eigenvalue weighted by Gasteiger charge is 2.26. The highest BCUT2D eigenvalue weighted by molar-refractivity contribution is 5.76. The van der Waals surface area contributed by atoms with Gasteiger partial charge in [-0.3, -0.25) is 14.2 Å². The summed E-state index contributed by atoms with van der Waals surface area (Å²) in [5.41, 5.74) is 3.69. The topological polar surface area (TPSA) is 96.3 Å². The van der Waals surface area contributed by atoms with Gasteiger partial charge in [0.15, 0.2) is 0 Å². The highest BCUT2D eigenvalue weighted by Crippen LogP contribution is 2.38. The molecule has 1 saturated heterocycles. The van der Waals surface area contributed by atoms with Gasteiger partial charge in [0.2, 0.25) is 11.9 Å². The van der Waals surface area contributed by atoms with Crippen LogP contribution in [0.4, 0.5) is 17.5 Å². The molecule has 2 aromatic heterocycles. The van der Waals surface area contributed by atoms with Gasteiger partial charge in [0, 0.05) is 55.6 Å². The van der Waals surface area contributed by atoms with Crippen molar-refractivity contribution >= 4 is 23.4 Å². The van der Waals surface area contributed by atoms with Crippen LogP contribution in [0.25, 0.3) is 0 Å². The number of carbonyl (C=O) groups excluding carboxylic acids is 1. The lowest BCUT2D eigenvalue weighted by molar-refractivity contribution is -0.132. The van der Waals surface area contributed by atoms with Crippen LogP contribution in [-0.2, 0) is 11.3 Å². The van der Waals surface area contributed by atoms with Gasteiger partial charge in [-0.05, 0) is 38.8 Å². The van der Waals surface area contributed by atoms with Crippen molar-refractivity contribution in [2.24, 2.45) is 0 Å². The maximum absolute atomic E-state index is 12.8.